The molecule has 0 saturated heterocycles. The number of hydrogen-bond donors (Lipinski definition) is 0. The number of benzene rings is 2. The van der Waals surface area contributed by atoms with E-state index in [0.717, 1.165) is 37.6 Å². The van der Waals surface area contributed by atoms with E-state index in [4.69, 9.17) is 9.47 Å². The van der Waals surface area contributed by atoms with Crippen molar-refractivity contribution in [3.05, 3.63) is 58.7 Å². The maximum Gasteiger partial charge on any atom is 0.122 e. The van der Waals surface area contributed by atoms with Gasteiger partial charge in [0.25, 0.3) is 0 Å². The Morgan fingerprint density at radius 3 is 1.18 bits per heavy atom. The second kappa shape index (κ2) is 20.7. The summed E-state index contributed by atoms with van der Waals surface area (Å²) in [6.07, 6.45) is 25.5. The Balaban J connectivity index is 1.75. The SMILES string of the molecule is CCCCCCCCCCOc1cc(/C=C/c2ccc(C)c(OCCCCCCCCCC)c2)ccc1C. The van der Waals surface area contributed by atoms with Gasteiger partial charge in [-0.05, 0) is 61.1 Å². The lowest BCUT2D eigenvalue weighted by Gasteiger charge is -2.11. The van der Waals surface area contributed by atoms with E-state index in [1.54, 1.807) is 0 Å². The normalized spacial score (nSPS) is 11.4. The smallest absolute Gasteiger partial charge is 0.122 e. The standard InChI is InChI=1S/C36H56O2/c1-5-7-9-11-13-15-17-19-27-37-35-29-33(23-21-31(35)3)25-26-34-24-22-32(4)36(30-34)38-28-20-18-16-14-12-10-8-6-2/h21-26,29-30H,5-20,27-28H2,1-4H3/b26-25+. The molecular formula is C36H56O2. The Morgan fingerprint density at radius 1 is 0.474 bits per heavy atom. The van der Waals surface area contributed by atoms with Crippen molar-refractivity contribution in [1.29, 1.82) is 0 Å². The van der Waals surface area contributed by atoms with E-state index in [1.165, 1.54) is 112 Å². The second-order valence-electron chi connectivity index (χ2n) is 11.0. The van der Waals surface area contributed by atoms with Gasteiger partial charge < -0.3 is 9.47 Å². The van der Waals surface area contributed by atoms with Gasteiger partial charge >= 0.3 is 0 Å². The summed E-state index contributed by atoms with van der Waals surface area (Å²) in [5.41, 5.74) is 4.74. The van der Waals surface area contributed by atoms with Crippen molar-refractivity contribution in [3.8, 4) is 11.5 Å². The zero-order chi connectivity index (χ0) is 27.3. The highest BCUT2D eigenvalue weighted by molar-refractivity contribution is 5.71. The second-order valence-corrected chi connectivity index (χ2v) is 11.0. The molecule has 0 unspecified atom stereocenters. The van der Waals surface area contributed by atoms with Crippen LogP contribution in [0.3, 0.4) is 0 Å². The first-order valence-corrected chi connectivity index (χ1v) is 15.8. The summed E-state index contributed by atoms with van der Waals surface area (Å²) in [5.74, 6) is 2.02. The molecule has 0 aliphatic carbocycles. The largest absolute Gasteiger partial charge is 0.493 e. The fourth-order valence-corrected chi connectivity index (χ4v) is 4.78. The molecule has 0 fully saturated rings. The van der Waals surface area contributed by atoms with E-state index in [9.17, 15) is 0 Å². The zero-order valence-electron chi connectivity index (χ0n) is 25.2. The fourth-order valence-electron chi connectivity index (χ4n) is 4.78. The number of ether oxygens (including phenoxy) is 2. The summed E-state index contributed by atoms with van der Waals surface area (Å²) in [6.45, 7) is 10.4. The van der Waals surface area contributed by atoms with Gasteiger partial charge in [0.05, 0.1) is 13.2 Å². The molecule has 0 heterocycles. The molecule has 0 saturated carbocycles. The summed E-state index contributed by atoms with van der Waals surface area (Å²) in [4.78, 5) is 0. The molecule has 2 nitrogen and oxygen atoms in total. The van der Waals surface area contributed by atoms with Crippen LogP contribution in [0.15, 0.2) is 36.4 Å². The van der Waals surface area contributed by atoms with Crippen LogP contribution in [0, 0.1) is 13.8 Å². The van der Waals surface area contributed by atoms with Crippen LogP contribution >= 0.6 is 0 Å². The van der Waals surface area contributed by atoms with Gasteiger partial charge in [0.1, 0.15) is 11.5 Å². The molecular weight excluding hydrogens is 464 g/mol. The summed E-state index contributed by atoms with van der Waals surface area (Å²) in [6, 6.07) is 13.0. The molecule has 2 rings (SSSR count). The molecule has 0 spiro atoms. The molecule has 0 bridgehead atoms. The fraction of sp³-hybridized carbons (Fsp3) is 0.611. The zero-order valence-corrected chi connectivity index (χ0v) is 25.2. The van der Waals surface area contributed by atoms with Crippen LogP contribution in [0.25, 0.3) is 12.2 Å². The summed E-state index contributed by atoms with van der Waals surface area (Å²) < 4.78 is 12.3. The van der Waals surface area contributed by atoms with Crippen molar-refractivity contribution in [2.75, 3.05) is 13.2 Å². The first-order valence-electron chi connectivity index (χ1n) is 15.8. The molecule has 0 aliphatic heterocycles. The molecule has 2 heteroatoms. The monoisotopic (exact) mass is 520 g/mol. The van der Waals surface area contributed by atoms with Crippen LogP contribution in [-0.4, -0.2) is 13.2 Å². The molecule has 0 atom stereocenters. The molecule has 2 aromatic carbocycles. The van der Waals surface area contributed by atoms with Gasteiger partial charge in [-0.15, -0.1) is 0 Å². The lowest BCUT2D eigenvalue weighted by atomic mass is 10.1. The van der Waals surface area contributed by atoms with Crippen molar-refractivity contribution in [2.24, 2.45) is 0 Å². The van der Waals surface area contributed by atoms with Crippen LogP contribution in [0.4, 0.5) is 0 Å². The number of rotatable bonds is 22. The van der Waals surface area contributed by atoms with Crippen molar-refractivity contribution in [1.82, 2.24) is 0 Å². The van der Waals surface area contributed by atoms with Crippen molar-refractivity contribution >= 4 is 12.2 Å². The van der Waals surface area contributed by atoms with Crippen LogP contribution in [-0.2, 0) is 0 Å². The van der Waals surface area contributed by atoms with Crippen molar-refractivity contribution < 1.29 is 9.47 Å². The highest BCUT2D eigenvalue weighted by atomic mass is 16.5. The third kappa shape index (κ3) is 14.1. The molecule has 38 heavy (non-hydrogen) atoms. The van der Waals surface area contributed by atoms with E-state index < -0.39 is 0 Å². The van der Waals surface area contributed by atoms with E-state index in [2.05, 4.69) is 76.2 Å². The third-order valence-corrected chi connectivity index (χ3v) is 7.40. The van der Waals surface area contributed by atoms with Gasteiger partial charge in [-0.1, -0.05) is 140 Å². The van der Waals surface area contributed by atoms with Crippen molar-refractivity contribution in [2.45, 2.75) is 130 Å². The number of hydrogen-bond acceptors (Lipinski definition) is 2. The lowest BCUT2D eigenvalue weighted by Crippen LogP contribution is -1.99. The van der Waals surface area contributed by atoms with Crippen LogP contribution in [0.1, 0.15) is 139 Å². The molecule has 0 amide bonds. The van der Waals surface area contributed by atoms with Gasteiger partial charge in [0.2, 0.25) is 0 Å². The average molecular weight is 521 g/mol. The highest BCUT2D eigenvalue weighted by Crippen LogP contribution is 2.24. The summed E-state index contributed by atoms with van der Waals surface area (Å²) >= 11 is 0. The first-order chi connectivity index (χ1) is 18.6. The van der Waals surface area contributed by atoms with Crippen LogP contribution in [0.2, 0.25) is 0 Å². The van der Waals surface area contributed by atoms with Crippen molar-refractivity contribution in [3.63, 3.8) is 0 Å². The quantitative estimate of drug-likeness (QED) is 0.113. The minimum absolute atomic E-state index is 0.806. The Labute approximate surface area is 235 Å². The maximum atomic E-state index is 6.15. The molecule has 0 N–H and O–H groups in total. The van der Waals surface area contributed by atoms with Gasteiger partial charge in [-0.2, -0.15) is 0 Å². The van der Waals surface area contributed by atoms with E-state index >= 15 is 0 Å². The molecule has 212 valence electrons. The van der Waals surface area contributed by atoms with Gasteiger partial charge in [0, 0.05) is 0 Å². The van der Waals surface area contributed by atoms with Gasteiger partial charge in [-0.25, -0.2) is 0 Å². The van der Waals surface area contributed by atoms with Crippen LogP contribution in [0.5, 0.6) is 11.5 Å². The van der Waals surface area contributed by atoms with E-state index in [1.807, 2.05) is 0 Å². The van der Waals surface area contributed by atoms with Crippen LogP contribution < -0.4 is 9.47 Å². The van der Waals surface area contributed by atoms with Gasteiger partial charge in [0.15, 0.2) is 0 Å². The molecule has 0 aliphatic rings. The third-order valence-electron chi connectivity index (χ3n) is 7.40. The topological polar surface area (TPSA) is 18.5 Å². The minimum Gasteiger partial charge on any atom is -0.493 e. The molecule has 0 aromatic heterocycles. The molecule has 0 radical (unpaired) electrons. The Hall–Kier alpha value is -2.22. The average Bonchev–Trinajstić information content (AvgIpc) is 2.92. The number of unbranched alkanes of at least 4 members (excludes halogenated alkanes) is 14. The lowest BCUT2D eigenvalue weighted by molar-refractivity contribution is 0.302. The van der Waals surface area contributed by atoms with E-state index in [0.29, 0.717) is 0 Å². The molecule has 2 aromatic rings. The minimum atomic E-state index is 0.806. The highest BCUT2D eigenvalue weighted by Gasteiger charge is 2.03. The number of aryl methyl sites for hydroxylation is 2. The summed E-state index contributed by atoms with van der Waals surface area (Å²) in [7, 11) is 0. The Kier molecular flexibility index (Phi) is 17.4. The Bertz CT molecular complexity index is 825. The first kappa shape index (κ1) is 32.0. The summed E-state index contributed by atoms with van der Waals surface area (Å²) in [5, 5.41) is 0. The predicted molar refractivity (Wildman–Crippen MR) is 167 cm³/mol. The maximum absolute atomic E-state index is 6.15. The predicted octanol–water partition coefficient (Wildman–Crippen LogP) is 11.5. The van der Waals surface area contributed by atoms with E-state index in [-0.39, 0.29) is 0 Å². The van der Waals surface area contributed by atoms with Gasteiger partial charge in [-0.3, -0.25) is 0 Å². The Morgan fingerprint density at radius 2 is 0.816 bits per heavy atom.